The van der Waals surface area contributed by atoms with Gasteiger partial charge < -0.3 is 5.32 Å². The second-order valence-electron chi connectivity index (χ2n) is 11.2. The average Bonchev–Trinajstić information content (AvgIpc) is 3.57. The number of rotatable bonds is 5. The van der Waals surface area contributed by atoms with Gasteiger partial charge in [-0.25, -0.2) is 4.98 Å². The third-order valence-electron chi connectivity index (χ3n) is 8.65. The van der Waals surface area contributed by atoms with Crippen molar-refractivity contribution in [3.63, 3.8) is 0 Å². The van der Waals surface area contributed by atoms with Gasteiger partial charge in [-0.1, -0.05) is 79.4 Å². The van der Waals surface area contributed by atoms with Gasteiger partial charge in [0.15, 0.2) is 5.16 Å². The number of amides is 1. The summed E-state index contributed by atoms with van der Waals surface area (Å²) in [6, 6.07) is 14.7. The largest absolute Gasteiger partial charge is 0.325 e. The van der Waals surface area contributed by atoms with Crippen molar-refractivity contribution in [2.75, 3.05) is 11.1 Å². The van der Waals surface area contributed by atoms with Crippen molar-refractivity contribution in [3.05, 3.63) is 75.1 Å². The van der Waals surface area contributed by atoms with Gasteiger partial charge in [0.1, 0.15) is 0 Å². The molecule has 6 heteroatoms. The molecule has 6 rings (SSSR count). The Morgan fingerprint density at radius 1 is 1.08 bits per heavy atom. The van der Waals surface area contributed by atoms with E-state index < -0.39 is 0 Å². The number of aromatic nitrogens is 2. The highest BCUT2D eigenvalue weighted by Crippen LogP contribution is 2.50. The van der Waals surface area contributed by atoms with E-state index in [1.54, 1.807) is 0 Å². The van der Waals surface area contributed by atoms with Gasteiger partial charge >= 0.3 is 0 Å². The van der Waals surface area contributed by atoms with E-state index in [1.807, 2.05) is 36.6 Å². The first-order chi connectivity index (χ1) is 17.9. The van der Waals surface area contributed by atoms with Gasteiger partial charge in [-0.3, -0.25) is 14.2 Å². The summed E-state index contributed by atoms with van der Waals surface area (Å²) in [6.45, 7) is 4.06. The molecule has 0 aliphatic heterocycles. The van der Waals surface area contributed by atoms with Gasteiger partial charge in [0.25, 0.3) is 5.56 Å². The van der Waals surface area contributed by atoms with Crippen molar-refractivity contribution in [1.82, 2.24) is 9.55 Å². The summed E-state index contributed by atoms with van der Waals surface area (Å²) in [6.07, 6.45) is 9.67. The molecular formula is C31H35N3O2S. The topological polar surface area (TPSA) is 64.0 Å². The highest BCUT2D eigenvalue weighted by atomic mass is 32.2. The van der Waals surface area contributed by atoms with Crippen LogP contribution in [0.15, 0.2) is 52.4 Å². The zero-order chi connectivity index (χ0) is 25.6. The predicted molar refractivity (Wildman–Crippen MR) is 151 cm³/mol. The summed E-state index contributed by atoms with van der Waals surface area (Å²) in [7, 11) is 0. The predicted octanol–water partition coefficient (Wildman–Crippen LogP) is 6.74. The van der Waals surface area contributed by atoms with Gasteiger partial charge in [-0.05, 0) is 63.1 Å². The Bertz CT molecular complexity index is 1410. The highest BCUT2D eigenvalue weighted by molar-refractivity contribution is 7.99. The summed E-state index contributed by atoms with van der Waals surface area (Å²) in [5.74, 6) is 0.146. The fourth-order valence-corrected chi connectivity index (χ4v) is 7.74. The van der Waals surface area contributed by atoms with Crippen LogP contribution in [-0.2, 0) is 16.6 Å². The second-order valence-corrected chi connectivity index (χ2v) is 12.2. The van der Waals surface area contributed by atoms with Crippen LogP contribution in [0.25, 0.3) is 11.3 Å². The maximum atomic E-state index is 14.4. The number of carbonyl (C=O) groups is 1. The van der Waals surface area contributed by atoms with E-state index in [1.165, 1.54) is 35.7 Å². The van der Waals surface area contributed by atoms with Crippen molar-refractivity contribution in [2.24, 2.45) is 0 Å². The molecule has 1 amide bonds. The molecule has 2 saturated carbocycles. The smallest absolute Gasteiger partial charge is 0.258 e. The van der Waals surface area contributed by atoms with E-state index in [0.717, 1.165) is 73.0 Å². The van der Waals surface area contributed by atoms with Crippen LogP contribution in [-0.4, -0.2) is 21.2 Å². The molecule has 0 saturated heterocycles. The molecule has 1 aromatic heterocycles. The minimum Gasteiger partial charge on any atom is -0.325 e. The first kappa shape index (κ1) is 24.5. The lowest BCUT2D eigenvalue weighted by Crippen LogP contribution is -2.41. The minimum absolute atomic E-state index is 0.0745. The van der Waals surface area contributed by atoms with Crippen LogP contribution in [0.4, 0.5) is 5.69 Å². The van der Waals surface area contributed by atoms with Gasteiger partial charge in [0.2, 0.25) is 5.91 Å². The van der Waals surface area contributed by atoms with Crippen LogP contribution >= 0.6 is 11.8 Å². The van der Waals surface area contributed by atoms with Crippen molar-refractivity contribution >= 4 is 23.4 Å². The monoisotopic (exact) mass is 513 g/mol. The van der Waals surface area contributed by atoms with Crippen LogP contribution in [0.3, 0.4) is 0 Å². The molecule has 1 N–H and O–H groups in total. The maximum Gasteiger partial charge on any atom is 0.258 e. The number of nitrogens with one attached hydrogen (secondary N) is 1. The number of thioether (sulfide) groups is 1. The zero-order valence-corrected chi connectivity index (χ0v) is 22.6. The van der Waals surface area contributed by atoms with Crippen LogP contribution in [0.1, 0.15) is 79.7 Å². The van der Waals surface area contributed by atoms with E-state index in [9.17, 15) is 9.59 Å². The SMILES string of the molecule is Cc1ccc(NC(=O)CSc2nc3c(c(=O)n2C2CCCC2)C2(CCCC2)Cc2ccccc2-3)c(C)c1. The van der Waals surface area contributed by atoms with E-state index >= 15 is 0 Å². The molecule has 0 atom stereocenters. The molecule has 37 heavy (non-hydrogen) atoms. The number of benzene rings is 2. The molecule has 1 heterocycles. The number of hydrogen-bond acceptors (Lipinski definition) is 4. The van der Waals surface area contributed by atoms with Crippen molar-refractivity contribution < 1.29 is 4.79 Å². The molecule has 192 valence electrons. The molecule has 0 unspecified atom stereocenters. The quantitative estimate of drug-likeness (QED) is 0.303. The first-order valence-corrected chi connectivity index (χ1v) is 14.7. The van der Waals surface area contributed by atoms with Crippen LogP contribution in [0, 0.1) is 13.8 Å². The Morgan fingerprint density at radius 3 is 2.59 bits per heavy atom. The van der Waals surface area contributed by atoms with E-state index in [2.05, 4.69) is 29.6 Å². The number of anilines is 1. The van der Waals surface area contributed by atoms with Crippen molar-refractivity contribution in [3.8, 4) is 11.3 Å². The normalized spacial score (nSPS) is 18.1. The molecule has 3 aromatic rings. The molecule has 2 aromatic carbocycles. The van der Waals surface area contributed by atoms with Crippen LogP contribution in [0.5, 0.6) is 0 Å². The second kappa shape index (κ2) is 9.79. The Labute approximate surface area is 223 Å². The van der Waals surface area contributed by atoms with Crippen LogP contribution < -0.4 is 10.9 Å². The lowest BCUT2D eigenvalue weighted by molar-refractivity contribution is -0.113. The summed E-state index contributed by atoms with van der Waals surface area (Å²) >= 11 is 1.40. The fourth-order valence-electron chi connectivity index (χ4n) is 6.88. The number of fused-ring (bicyclic) bond motifs is 4. The van der Waals surface area contributed by atoms with Crippen LogP contribution in [0.2, 0.25) is 0 Å². The number of aryl methyl sites for hydroxylation is 2. The summed E-state index contributed by atoms with van der Waals surface area (Å²) in [5, 5.41) is 3.74. The standard InChI is InChI=1S/C31H35N3O2S/c1-20-13-14-25(21(2)17-20)32-26(35)19-37-30-33-28-24-12-6-3-9-22(24)18-31(15-7-8-16-31)27(28)29(36)34(30)23-10-4-5-11-23/h3,6,9,12-14,17,23H,4-5,7-8,10-11,15-16,18-19H2,1-2H3,(H,32,35). The first-order valence-electron chi connectivity index (χ1n) is 13.7. The third-order valence-corrected chi connectivity index (χ3v) is 9.61. The van der Waals surface area contributed by atoms with Gasteiger partial charge in [0.05, 0.1) is 17.0 Å². The summed E-state index contributed by atoms with van der Waals surface area (Å²) in [5.41, 5.74) is 7.29. The highest BCUT2D eigenvalue weighted by Gasteiger charge is 2.45. The Hall–Kier alpha value is -2.86. The Kier molecular flexibility index (Phi) is 6.47. The number of hydrogen-bond donors (Lipinski definition) is 1. The fraction of sp³-hybridized carbons (Fsp3) is 0.452. The Morgan fingerprint density at radius 2 is 1.84 bits per heavy atom. The summed E-state index contributed by atoms with van der Waals surface area (Å²) in [4.78, 5) is 32.6. The maximum absolute atomic E-state index is 14.4. The van der Waals surface area contributed by atoms with Gasteiger partial charge in [0, 0.05) is 22.7 Å². The van der Waals surface area contributed by atoms with Crippen molar-refractivity contribution in [2.45, 2.75) is 88.2 Å². The summed E-state index contributed by atoms with van der Waals surface area (Å²) < 4.78 is 1.98. The molecule has 2 fully saturated rings. The lowest BCUT2D eigenvalue weighted by Gasteiger charge is -2.37. The van der Waals surface area contributed by atoms with E-state index in [-0.39, 0.29) is 28.7 Å². The van der Waals surface area contributed by atoms with E-state index in [0.29, 0.717) is 5.16 Å². The van der Waals surface area contributed by atoms with Gasteiger partial charge in [-0.15, -0.1) is 0 Å². The molecule has 0 bridgehead atoms. The molecule has 3 aliphatic rings. The molecule has 5 nitrogen and oxygen atoms in total. The Balaban J connectivity index is 1.40. The average molecular weight is 514 g/mol. The lowest BCUT2D eigenvalue weighted by atomic mass is 9.68. The number of nitrogens with zero attached hydrogens (tertiary/aromatic N) is 2. The zero-order valence-electron chi connectivity index (χ0n) is 21.8. The van der Waals surface area contributed by atoms with E-state index in [4.69, 9.17) is 4.98 Å². The minimum atomic E-state index is -0.0995. The number of carbonyl (C=O) groups excluding carboxylic acids is 1. The van der Waals surface area contributed by atoms with Crippen molar-refractivity contribution in [1.29, 1.82) is 0 Å². The van der Waals surface area contributed by atoms with Gasteiger partial charge in [-0.2, -0.15) is 0 Å². The molecule has 3 aliphatic carbocycles. The molecular weight excluding hydrogens is 478 g/mol. The molecule has 0 radical (unpaired) electrons. The molecule has 1 spiro atoms. The third kappa shape index (κ3) is 4.43.